The number of halogens is 4. The molecule has 108 valence electrons. The van der Waals surface area contributed by atoms with Gasteiger partial charge in [0.2, 0.25) is 5.78 Å². The van der Waals surface area contributed by atoms with Gasteiger partial charge in [-0.2, -0.15) is 8.78 Å². The third kappa shape index (κ3) is 3.67. The van der Waals surface area contributed by atoms with Crippen LogP contribution in [0.1, 0.15) is 52.4 Å². The molecule has 0 aliphatic heterocycles. The summed E-state index contributed by atoms with van der Waals surface area (Å²) in [6, 6.07) is 0. The number of unbranched alkanes of at least 4 members (excludes halogenated alkanes) is 2. The van der Waals surface area contributed by atoms with Crippen molar-refractivity contribution in [2.45, 2.75) is 70.3 Å². The summed E-state index contributed by atoms with van der Waals surface area (Å²) in [5.74, 6) is -6.01. The van der Waals surface area contributed by atoms with Gasteiger partial charge in [0.05, 0.1) is 0 Å². The zero-order valence-corrected chi connectivity index (χ0v) is 10.7. The fraction of sp³-hybridized carbons (Fsp3) is 0.917. The molecule has 0 aromatic rings. The Bertz CT molecular complexity index is 269. The van der Waals surface area contributed by atoms with Gasteiger partial charge < -0.3 is 5.11 Å². The Morgan fingerprint density at radius 2 is 1.67 bits per heavy atom. The van der Waals surface area contributed by atoms with E-state index >= 15 is 0 Å². The Morgan fingerprint density at radius 1 is 1.17 bits per heavy atom. The first-order chi connectivity index (χ1) is 8.24. The maximum absolute atomic E-state index is 13.7. The largest absolute Gasteiger partial charge is 0.378 e. The highest BCUT2D eigenvalue weighted by molar-refractivity contribution is 5.87. The predicted molar refractivity (Wildman–Crippen MR) is 60.0 cm³/mol. The van der Waals surface area contributed by atoms with Crippen LogP contribution in [0.3, 0.4) is 0 Å². The molecule has 0 bridgehead atoms. The topological polar surface area (TPSA) is 37.3 Å². The first-order valence-electron chi connectivity index (χ1n) is 6.15. The van der Waals surface area contributed by atoms with Gasteiger partial charge in [-0.25, -0.2) is 8.78 Å². The standard InChI is InChI=1S/C12H20F4O2/c1-3-5-7-9(17)12(15,16)11(18,10(13)14)8-6-4-2/h10,18H,3-8H2,1-2H3. The molecule has 0 aromatic carbocycles. The molecule has 0 saturated heterocycles. The number of Topliss-reactive ketones (excluding diaryl/α,β-unsaturated/α-hetero) is 1. The summed E-state index contributed by atoms with van der Waals surface area (Å²) in [6.07, 6.45) is -3.84. The Hall–Kier alpha value is -0.650. The average Bonchev–Trinajstić information content (AvgIpc) is 2.32. The molecule has 1 unspecified atom stereocenters. The molecular weight excluding hydrogens is 252 g/mol. The Kier molecular flexibility index (Phi) is 6.81. The van der Waals surface area contributed by atoms with Crippen molar-refractivity contribution >= 4 is 5.78 Å². The number of carbonyl (C=O) groups excluding carboxylic acids is 1. The van der Waals surface area contributed by atoms with Gasteiger partial charge in [-0.15, -0.1) is 0 Å². The minimum Gasteiger partial charge on any atom is -0.378 e. The van der Waals surface area contributed by atoms with E-state index in [4.69, 9.17) is 0 Å². The molecule has 0 radical (unpaired) electrons. The van der Waals surface area contributed by atoms with E-state index in [0.717, 1.165) is 0 Å². The summed E-state index contributed by atoms with van der Waals surface area (Å²) < 4.78 is 52.8. The summed E-state index contributed by atoms with van der Waals surface area (Å²) in [5, 5.41) is 9.50. The van der Waals surface area contributed by atoms with Crippen molar-refractivity contribution in [3.63, 3.8) is 0 Å². The third-order valence-electron chi connectivity index (χ3n) is 2.92. The fourth-order valence-corrected chi connectivity index (χ4v) is 1.59. The molecule has 2 nitrogen and oxygen atoms in total. The summed E-state index contributed by atoms with van der Waals surface area (Å²) in [5.41, 5.74) is -3.55. The average molecular weight is 272 g/mol. The summed E-state index contributed by atoms with van der Waals surface area (Å²) in [7, 11) is 0. The monoisotopic (exact) mass is 272 g/mol. The van der Waals surface area contributed by atoms with Crippen LogP contribution in [-0.2, 0) is 4.79 Å². The van der Waals surface area contributed by atoms with Crippen LogP contribution in [-0.4, -0.2) is 28.8 Å². The van der Waals surface area contributed by atoms with E-state index in [1.165, 1.54) is 0 Å². The molecule has 0 amide bonds. The lowest BCUT2D eigenvalue weighted by Gasteiger charge is -2.34. The lowest BCUT2D eigenvalue weighted by atomic mass is 9.86. The number of carbonyl (C=O) groups is 1. The van der Waals surface area contributed by atoms with Crippen molar-refractivity contribution in [3.05, 3.63) is 0 Å². The van der Waals surface area contributed by atoms with Crippen molar-refractivity contribution in [3.8, 4) is 0 Å². The minimum atomic E-state index is -4.40. The van der Waals surface area contributed by atoms with Gasteiger partial charge in [0.1, 0.15) is 0 Å². The Morgan fingerprint density at radius 3 is 2.06 bits per heavy atom. The molecule has 0 aromatic heterocycles. The van der Waals surface area contributed by atoms with Gasteiger partial charge in [-0.05, 0) is 12.8 Å². The smallest absolute Gasteiger partial charge is 0.338 e. The quantitative estimate of drug-likeness (QED) is 0.651. The van der Waals surface area contributed by atoms with Gasteiger partial charge in [0.15, 0.2) is 5.60 Å². The SMILES string of the molecule is CCCCC(=O)C(F)(F)C(O)(CCCC)C(F)F. The van der Waals surface area contributed by atoms with Crippen molar-refractivity contribution in [2.24, 2.45) is 0 Å². The molecule has 6 heteroatoms. The van der Waals surface area contributed by atoms with Crippen LogP contribution in [0, 0.1) is 0 Å². The molecule has 0 aliphatic rings. The van der Waals surface area contributed by atoms with E-state index < -0.39 is 36.6 Å². The van der Waals surface area contributed by atoms with Crippen molar-refractivity contribution < 1.29 is 27.5 Å². The van der Waals surface area contributed by atoms with Gasteiger partial charge in [0.25, 0.3) is 6.43 Å². The van der Waals surface area contributed by atoms with Crippen LogP contribution in [0.4, 0.5) is 17.6 Å². The second kappa shape index (κ2) is 7.07. The highest BCUT2D eigenvalue weighted by Crippen LogP contribution is 2.39. The molecule has 1 atom stereocenters. The number of rotatable bonds is 9. The molecule has 0 spiro atoms. The zero-order valence-electron chi connectivity index (χ0n) is 10.7. The predicted octanol–water partition coefficient (Wildman–Crippen LogP) is 3.57. The first-order valence-corrected chi connectivity index (χ1v) is 6.15. The van der Waals surface area contributed by atoms with Crippen molar-refractivity contribution in [1.82, 2.24) is 0 Å². The van der Waals surface area contributed by atoms with Crippen LogP contribution >= 0.6 is 0 Å². The normalized spacial score (nSPS) is 15.8. The highest BCUT2D eigenvalue weighted by Gasteiger charge is 2.62. The molecule has 0 aliphatic carbocycles. The number of hydrogen-bond donors (Lipinski definition) is 1. The summed E-state index contributed by atoms with van der Waals surface area (Å²) >= 11 is 0. The second-order valence-corrected chi connectivity index (χ2v) is 4.43. The lowest BCUT2D eigenvalue weighted by Crippen LogP contribution is -2.57. The van der Waals surface area contributed by atoms with Crippen molar-refractivity contribution in [2.75, 3.05) is 0 Å². The van der Waals surface area contributed by atoms with E-state index in [0.29, 0.717) is 12.8 Å². The Labute approximate surface area is 104 Å². The van der Waals surface area contributed by atoms with Crippen LogP contribution < -0.4 is 0 Å². The molecule has 0 fully saturated rings. The van der Waals surface area contributed by atoms with Crippen LogP contribution in [0.2, 0.25) is 0 Å². The van der Waals surface area contributed by atoms with Gasteiger partial charge in [-0.3, -0.25) is 4.79 Å². The van der Waals surface area contributed by atoms with Gasteiger partial charge >= 0.3 is 5.92 Å². The van der Waals surface area contributed by atoms with E-state index in [-0.39, 0.29) is 12.8 Å². The maximum atomic E-state index is 13.7. The van der Waals surface area contributed by atoms with Gasteiger partial charge in [-0.1, -0.05) is 33.1 Å². The highest BCUT2D eigenvalue weighted by atomic mass is 19.3. The molecule has 1 N–H and O–H groups in total. The minimum absolute atomic E-state index is 0.0114. The zero-order chi connectivity index (χ0) is 14.4. The number of alkyl halides is 4. The third-order valence-corrected chi connectivity index (χ3v) is 2.92. The van der Waals surface area contributed by atoms with Crippen molar-refractivity contribution in [1.29, 1.82) is 0 Å². The van der Waals surface area contributed by atoms with E-state index in [9.17, 15) is 27.5 Å². The van der Waals surface area contributed by atoms with Crippen LogP contribution in [0.25, 0.3) is 0 Å². The van der Waals surface area contributed by atoms with E-state index in [2.05, 4.69) is 0 Å². The number of ketones is 1. The van der Waals surface area contributed by atoms with E-state index in [1.807, 2.05) is 0 Å². The maximum Gasteiger partial charge on any atom is 0.338 e. The fourth-order valence-electron chi connectivity index (χ4n) is 1.59. The molecular formula is C12H20F4O2. The van der Waals surface area contributed by atoms with E-state index in [1.54, 1.807) is 13.8 Å². The first kappa shape index (κ1) is 17.4. The molecule has 0 rings (SSSR count). The molecule has 0 saturated carbocycles. The van der Waals surface area contributed by atoms with Gasteiger partial charge in [0, 0.05) is 6.42 Å². The lowest BCUT2D eigenvalue weighted by molar-refractivity contribution is -0.233. The van der Waals surface area contributed by atoms with Crippen LogP contribution in [0.15, 0.2) is 0 Å². The van der Waals surface area contributed by atoms with Crippen LogP contribution in [0.5, 0.6) is 0 Å². The summed E-state index contributed by atoms with van der Waals surface area (Å²) in [4.78, 5) is 11.3. The molecule has 0 heterocycles. The molecule has 18 heavy (non-hydrogen) atoms. The number of aliphatic hydroxyl groups is 1. The summed E-state index contributed by atoms with van der Waals surface area (Å²) in [6.45, 7) is 3.32. The Balaban J connectivity index is 5.01. The second-order valence-electron chi connectivity index (χ2n) is 4.43. The number of hydrogen-bond acceptors (Lipinski definition) is 2.